The number of benzene rings is 2. The normalized spacial score (nSPS) is 22.2. The second kappa shape index (κ2) is 7.47. The molecule has 0 amide bonds. The smallest absolute Gasteiger partial charge is 0.271 e. The van der Waals surface area contributed by atoms with Gasteiger partial charge in [0.1, 0.15) is 17.5 Å². The van der Waals surface area contributed by atoms with Crippen molar-refractivity contribution in [3.8, 4) is 11.4 Å². The maximum atomic E-state index is 14.2. The van der Waals surface area contributed by atoms with Crippen molar-refractivity contribution in [3.63, 3.8) is 0 Å². The number of non-ortho nitro benzene ring substituents is 1. The van der Waals surface area contributed by atoms with E-state index in [2.05, 4.69) is 15.3 Å². The Bertz CT molecular complexity index is 1410. The minimum atomic E-state index is -0.704. The van der Waals surface area contributed by atoms with Crippen molar-refractivity contribution in [2.24, 2.45) is 11.8 Å². The number of rotatable bonds is 4. The summed E-state index contributed by atoms with van der Waals surface area (Å²) in [5.74, 6) is 0.716. The molecule has 33 heavy (non-hydrogen) atoms. The summed E-state index contributed by atoms with van der Waals surface area (Å²) in [6, 6.07) is 6.84. The molecule has 2 aromatic carbocycles. The molecule has 2 N–H and O–H groups in total. The monoisotopic (exact) mass is 449 g/mol. The van der Waals surface area contributed by atoms with Crippen LogP contribution < -0.4 is 5.32 Å². The average Bonchev–Trinajstić information content (AvgIpc) is 3.23. The van der Waals surface area contributed by atoms with Gasteiger partial charge in [0.2, 0.25) is 0 Å². The van der Waals surface area contributed by atoms with Crippen LogP contribution in [0, 0.1) is 33.6 Å². The number of nitrogens with one attached hydrogen (secondary N) is 2. The van der Waals surface area contributed by atoms with Gasteiger partial charge in [-0.3, -0.25) is 10.1 Å². The van der Waals surface area contributed by atoms with E-state index in [9.17, 15) is 18.9 Å². The minimum Gasteiger partial charge on any atom is -0.366 e. The second-order valence-electron chi connectivity index (χ2n) is 9.13. The summed E-state index contributed by atoms with van der Waals surface area (Å²) in [4.78, 5) is 23.0. The van der Waals surface area contributed by atoms with Gasteiger partial charge >= 0.3 is 0 Å². The van der Waals surface area contributed by atoms with Gasteiger partial charge in [-0.05, 0) is 43.2 Å². The Kier molecular flexibility index (Phi) is 4.53. The Hall–Kier alpha value is -3.62. The van der Waals surface area contributed by atoms with Gasteiger partial charge in [-0.25, -0.2) is 18.7 Å². The summed E-state index contributed by atoms with van der Waals surface area (Å²) < 4.78 is 28.2. The lowest BCUT2D eigenvalue weighted by molar-refractivity contribution is -0.384. The summed E-state index contributed by atoms with van der Waals surface area (Å²) in [5.41, 5.74) is 0.924. The number of anilines is 1. The van der Waals surface area contributed by atoms with Crippen molar-refractivity contribution in [3.05, 3.63) is 58.3 Å². The Morgan fingerprint density at radius 1 is 1.06 bits per heavy atom. The van der Waals surface area contributed by atoms with E-state index < -0.39 is 16.6 Å². The van der Waals surface area contributed by atoms with Gasteiger partial charge < -0.3 is 10.3 Å². The fourth-order valence-corrected chi connectivity index (χ4v) is 5.53. The van der Waals surface area contributed by atoms with Crippen LogP contribution in [-0.2, 0) is 0 Å². The van der Waals surface area contributed by atoms with E-state index in [1.165, 1.54) is 50.1 Å². The average molecular weight is 449 g/mol. The molecular weight excluding hydrogens is 428 g/mol. The number of nitro benzene ring substituents is 1. The maximum Gasteiger partial charge on any atom is 0.271 e. The molecule has 3 saturated carbocycles. The third-order valence-electron chi connectivity index (χ3n) is 7.21. The van der Waals surface area contributed by atoms with Crippen molar-refractivity contribution in [2.45, 2.75) is 38.1 Å². The van der Waals surface area contributed by atoms with Gasteiger partial charge in [0, 0.05) is 46.8 Å². The highest BCUT2D eigenvalue weighted by atomic mass is 19.1. The molecule has 168 valence electrons. The number of fused-ring (bicyclic) bond motifs is 5. The van der Waals surface area contributed by atoms with Gasteiger partial charge in [0.05, 0.1) is 16.0 Å². The second-order valence-corrected chi connectivity index (χ2v) is 9.13. The first kappa shape index (κ1) is 20.0. The van der Waals surface area contributed by atoms with E-state index in [4.69, 9.17) is 4.98 Å². The SMILES string of the molecule is O=[N+]([O-])c1ccc2c(NC3CC4CCC3CC4)nc(-c3c[nH]c4c(F)cc(F)cc34)nc2c1. The van der Waals surface area contributed by atoms with Crippen molar-refractivity contribution >= 4 is 33.3 Å². The van der Waals surface area contributed by atoms with Gasteiger partial charge in [0.25, 0.3) is 5.69 Å². The van der Waals surface area contributed by atoms with E-state index in [1.54, 1.807) is 6.07 Å². The number of aromatic nitrogens is 3. The third-order valence-corrected chi connectivity index (χ3v) is 7.21. The van der Waals surface area contributed by atoms with Crippen molar-refractivity contribution in [2.75, 3.05) is 5.32 Å². The van der Waals surface area contributed by atoms with Crippen LogP contribution in [0.4, 0.5) is 20.3 Å². The molecule has 2 bridgehead atoms. The third kappa shape index (κ3) is 3.39. The van der Waals surface area contributed by atoms with Gasteiger partial charge in [0.15, 0.2) is 5.82 Å². The lowest BCUT2D eigenvalue weighted by Gasteiger charge is -2.43. The first-order chi connectivity index (χ1) is 16.0. The van der Waals surface area contributed by atoms with E-state index in [-0.39, 0.29) is 23.1 Å². The molecule has 1 atom stereocenters. The first-order valence-corrected chi connectivity index (χ1v) is 11.2. The molecule has 0 radical (unpaired) electrons. The Morgan fingerprint density at radius 3 is 2.61 bits per heavy atom. The summed E-state index contributed by atoms with van der Waals surface area (Å²) in [7, 11) is 0. The zero-order chi connectivity index (χ0) is 22.7. The summed E-state index contributed by atoms with van der Waals surface area (Å²) in [5, 5.41) is 16.0. The van der Waals surface area contributed by atoms with Crippen molar-refractivity contribution in [1.29, 1.82) is 0 Å². The molecule has 4 aromatic rings. The Labute approximate surface area is 187 Å². The molecule has 0 spiro atoms. The zero-order valence-corrected chi connectivity index (χ0v) is 17.6. The Morgan fingerprint density at radius 2 is 1.88 bits per heavy atom. The van der Waals surface area contributed by atoms with Crippen LogP contribution in [0.3, 0.4) is 0 Å². The topological polar surface area (TPSA) is 96.7 Å². The van der Waals surface area contributed by atoms with E-state index >= 15 is 0 Å². The molecular formula is C24H21F2N5O2. The van der Waals surface area contributed by atoms with Gasteiger partial charge in [-0.1, -0.05) is 12.8 Å². The predicted molar refractivity (Wildman–Crippen MR) is 121 cm³/mol. The van der Waals surface area contributed by atoms with Crippen LogP contribution in [0.1, 0.15) is 32.1 Å². The van der Waals surface area contributed by atoms with Crippen LogP contribution in [0.15, 0.2) is 36.5 Å². The molecule has 0 aliphatic heterocycles. The predicted octanol–water partition coefficient (Wildman–Crippen LogP) is 5.96. The van der Waals surface area contributed by atoms with Crippen LogP contribution in [0.5, 0.6) is 0 Å². The molecule has 9 heteroatoms. The largest absolute Gasteiger partial charge is 0.366 e. The lowest BCUT2D eigenvalue weighted by Crippen LogP contribution is -2.40. The van der Waals surface area contributed by atoms with Crippen LogP contribution in [0.25, 0.3) is 33.2 Å². The van der Waals surface area contributed by atoms with E-state index in [1.807, 2.05) is 0 Å². The van der Waals surface area contributed by atoms with E-state index in [0.717, 1.165) is 12.5 Å². The molecule has 3 aliphatic carbocycles. The van der Waals surface area contributed by atoms with Crippen molar-refractivity contribution < 1.29 is 13.7 Å². The number of hydrogen-bond donors (Lipinski definition) is 2. The Balaban J connectivity index is 1.51. The number of nitrogens with zero attached hydrogens (tertiary/aromatic N) is 3. The fraction of sp³-hybridized carbons (Fsp3) is 0.333. The number of halogens is 2. The van der Waals surface area contributed by atoms with Gasteiger partial charge in [-0.15, -0.1) is 0 Å². The number of hydrogen-bond acceptors (Lipinski definition) is 5. The van der Waals surface area contributed by atoms with Crippen molar-refractivity contribution in [1.82, 2.24) is 15.0 Å². The summed E-state index contributed by atoms with van der Waals surface area (Å²) in [6.45, 7) is 0. The standard InChI is InChI=1S/C24H21F2N5O2/c25-14-8-17-18(11-27-22(17)19(26)9-14)24-29-21-10-15(31(32)33)5-6-16(21)23(30-24)28-20-7-12-1-3-13(20)4-2-12/h5-6,8-13,20,27H,1-4,7H2,(H,28,29,30). The highest BCUT2D eigenvalue weighted by molar-refractivity contribution is 5.97. The molecule has 3 aliphatic rings. The number of nitro groups is 1. The molecule has 1 unspecified atom stereocenters. The number of aromatic amines is 1. The quantitative estimate of drug-likeness (QED) is 0.296. The molecule has 7 rings (SSSR count). The minimum absolute atomic E-state index is 0.0779. The highest BCUT2D eigenvalue weighted by Gasteiger charge is 2.36. The molecule has 3 fully saturated rings. The maximum absolute atomic E-state index is 14.2. The number of H-pyrrole nitrogens is 1. The van der Waals surface area contributed by atoms with Crippen LogP contribution in [0.2, 0.25) is 0 Å². The first-order valence-electron chi connectivity index (χ1n) is 11.2. The van der Waals surface area contributed by atoms with Crippen LogP contribution >= 0.6 is 0 Å². The summed E-state index contributed by atoms with van der Waals surface area (Å²) >= 11 is 0. The highest BCUT2D eigenvalue weighted by Crippen LogP contribution is 2.43. The van der Waals surface area contributed by atoms with E-state index in [0.29, 0.717) is 39.5 Å². The lowest BCUT2D eigenvalue weighted by atomic mass is 9.68. The zero-order valence-electron chi connectivity index (χ0n) is 17.6. The molecule has 0 saturated heterocycles. The van der Waals surface area contributed by atoms with Gasteiger partial charge in [-0.2, -0.15) is 0 Å². The molecule has 2 heterocycles. The summed E-state index contributed by atoms with van der Waals surface area (Å²) in [6.07, 6.45) is 7.50. The fourth-order valence-electron chi connectivity index (χ4n) is 5.53. The molecule has 2 aromatic heterocycles. The van der Waals surface area contributed by atoms with Crippen LogP contribution in [-0.4, -0.2) is 25.9 Å². The molecule has 7 nitrogen and oxygen atoms in total.